The van der Waals surface area contributed by atoms with E-state index in [1.165, 1.54) is 6.07 Å². The third kappa shape index (κ3) is 5.57. The average molecular weight is 438 g/mol. The molecule has 168 valence electrons. The number of aromatic nitrogens is 1. The van der Waals surface area contributed by atoms with Gasteiger partial charge in [0.05, 0.1) is 11.6 Å². The van der Waals surface area contributed by atoms with Crippen molar-refractivity contribution in [2.45, 2.75) is 31.9 Å². The minimum absolute atomic E-state index is 0.259. The number of pyridine rings is 1. The molecule has 2 heterocycles. The number of halogens is 2. The molecule has 0 bridgehead atoms. The van der Waals surface area contributed by atoms with Gasteiger partial charge in [-0.2, -0.15) is 0 Å². The maximum Gasteiger partial charge on any atom is 0.130 e. The Hall–Kier alpha value is -2.67. The Labute approximate surface area is 187 Å². The zero-order valence-electron chi connectivity index (χ0n) is 18.3. The molecular weight excluding hydrogens is 408 g/mol. The molecule has 3 aromatic rings. The molecular formula is C26H29F2N3O. The number of aryl methyl sites for hydroxylation is 1. The quantitative estimate of drug-likeness (QED) is 0.566. The van der Waals surface area contributed by atoms with E-state index in [0.717, 1.165) is 60.1 Å². The molecule has 1 unspecified atom stereocenters. The minimum atomic E-state index is -0.559. The maximum atomic E-state index is 13.7. The van der Waals surface area contributed by atoms with Gasteiger partial charge in [-0.25, -0.2) is 8.78 Å². The van der Waals surface area contributed by atoms with E-state index in [-0.39, 0.29) is 5.56 Å². The molecule has 0 spiro atoms. The van der Waals surface area contributed by atoms with Gasteiger partial charge in [-0.1, -0.05) is 24.3 Å². The molecule has 0 radical (unpaired) electrons. The van der Waals surface area contributed by atoms with E-state index in [0.29, 0.717) is 19.1 Å². The van der Waals surface area contributed by atoms with E-state index >= 15 is 0 Å². The van der Waals surface area contributed by atoms with Crippen molar-refractivity contribution in [2.75, 3.05) is 26.2 Å². The summed E-state index contributed by atoms with van der Waals surface area (Å²) in [7, 11) is 0. The molecule has 0 amide bonds. The van der Waals surface area contributed by atoms with Crippen molar-refractivity contribution in [3.05, 3.63) is 83.1 Å². The Morgan fingerprint density at radius 1 is 1.19 bits per heavy atom. The van der Waals surface area contributed by atoms with Crippen LogP contribution in [0.2, 0.25) is 0 Å². The minimum Gasteiger partial charge on any atom is -0.387 e. The Morgan fingerprint density at radius 3 is 2.81 bits per heavy atom. The highest BCUT2D eigenvalue weighted by molar-refractivity contribution is 5.83. The number of aliphatic hydroxyl groups excluding tert-OH is 1. The zero-order chi connectivity index (χ0) is 22.5. The lowest BCUT2D eigenvalue weighted by Gasteiger charge is -2.33. The zero-order valence-corrected chi connectivity index (χ0v) is 18.3. The molecule has 1 fully saturated rings. The standard InChI is InChI=1S/C26H29F2N3O/c1-18-14-23-22(5-2-6-25(23)30-16-18)26(32)17-31-12-9-21(10-13-31)29-11-3-4-19-15-20(27)7-8-24(19)28/h2-8,14-16,21,26,29,32H,9-13,17H2,1H3/b4-3+. The first-order chi connectivity index (χ1) is 15.5. The molecule has 1 saturated heterocycles. The highest BCUT2D eigenvalue weighted by Crippen LogP contribution is 2.25. The highest BCUT2D eigenvalue weighted by atomic mass is 19.1. The van der Waals surface area contributed by atoms with Crippen LogP contribution in [-0.2, 0) is 0 Å². The normalized spacial score (nSPS) is 16.8. The Morgan fingerprint density at radius 2 is 2.00 bits per heavy atom. The van der Waals surface area contributed by atoms with Crippen molar-refractivity contribution >= 4 is 17.0 Å². The largest absolute Gasteiger partial charge is 0.387 e. The van der Waals surface area contributed by atoms with E-state index in [9.17, 15) is 13.9 Å². The number of fused-ring (bicyclic) bond motifs is 1. The lowest BCUT2D eigenvalue weighted by atomic mass is 10.00. The van der Waals surface area contributed by atoms with Gasteiger partial charge in [-0.15, -0.1) is 0 Å². The number of nitrogens with one attached hydrogen (secondary N) is 1. The number of benzene rings is 2. The second kappa shape index (κ2) is 10.3. The van der Waals surface area contributed by atoms with E-state index < -0.39 is 17.7 Å². The molecule has 1 aliphatic heterocycles. The van der Waals surface area contributed by atoms with Crippen LogP contribution in [0, 0.1) is 18.6 Å². The molecule has 1 atom stereocenters. The summed E-state index contributed by atoms with van der Waals surface area (Å²) in [6.07, 6.45) is 6.68. The number of hydrogen-bond acceptors (Lipinski definition) is 4. The van der Waals surface area contributed by atoms with Gasteiger partial charge in [0.1, 0.15) is 11.6 Å². The van der Waals surface area contributed by atoms with E-state index in [1.54, 1.807) is 6.08 Å². The maximum absolute atomic E-state index is 13.7. The Kier molecular flexibility index (Phi) is 7.25. The monoisotopic (exact) mass is 437 g/mol. The fourth-order valence-electron chi connectivity index (χ4n) is 4.29. The van der Waals surface area contributed by atoms with Crippen LogP contribution < -0.4 is 5.32 Å². The number of aliphatic hydroxyl groups is 1. The van der Waals surface area contributed by atoms with Gasteiger partial charge < -0.3 is 15.3 Å². The van der Waals surface area contributed by atoms with Crippen molar-refractivity contribution in [1.82, 2.24) is 15.2 Å². The van der Waals surface area contributed by atoms with Crippen LogP contribution in [0.5, 0.6) is 0 Å². The first kappa shape index (κ1) is 22.5. The summed E-state index contributed by atoms with van der Waals surface area (Å²) in [6, 6.07) is 11.8. The number of rotatable bonds is 7. The van der Waals surface area contributed by atoms with Crippen LogP contribution in [0.15, 0.2) is 54.7 Å². The first-order valence-corrected chi connectivity index (χ1v) is 11.1. The van der Waals surface area contributed by atoms with Crippen molar-refractivity contribution in [2.24, 2.45) is 0 Å². The van der Waals surface area contributed by atoms with E-state index in [1.807, 2.05) is 37.4 Å². The van der Waals surface area contributed by atoms with Crippen LogP contribution in [0.3, 0.4) is 0 Å². The van der Waals surface area contributed by atoms with Gasteiger partial charge in [0.15, 0.2) is 0 Å². The lowest BCUT2D eigenvalue weighted by molar-refractivity contribution is 0.0955. The SMILES string of the molecule is Cc1cnc2cccc(C(O)CN3CCC(NC/C=C/c4cc(F)ccc4F)CC3)c2c1. The summed E-state index contributed by atoms with van der Waals surface area (Å²) in [4.78, 5) is 6.76. The van der Waals surface area contributed by atoms with Crippen LogP contribution >= 0.6 is 0 Å². The molecule has 4 nitrogen and oxygen atoms in total. The number of piperidine rings is 1. The van der Waals surface area contributed by atoms with Gasteiger partial charge >= 0.3 is 0 Å². The lowest BCUT2D eigenvalue weighted by Crippen LogP contribution is -2.43. The topological polar surface area (TPSA) is 48.4 Å². The van der Waals surface area contributed by atoms with Crippen LogP contribution in [0.1, 0.15) is 35.6 Å². The molecule has 32 heavy (non-hydrogen) atoms. The van der Waals surface area contributed by atoms with Crippen molar-refractivity contribution in [3.63, 3.8) is 0 Å². The molecule has 4 rings (SSSR count). The van der Waals surface area contributed by atoms with Crippen molar-refractivity contribution < 1.29 is 13.9 Å². The van der Waals surface area contributed by atoms with Gasteiger partial charge in [0.25, 0.3) is 0 Å². The van der Waals surface area contributed by atoms with Crippen LogP contribution in [0.4, 0.5) is 8.78 Å². The first-order valence-electron chi connectivity index (χ1n) is 11.1. The predicted molar refractivity (Wildman–Crippen MR) is 124 cm³/mol. The fourth-order valence-corrected chi connectivity index (χ4v) is 4.29. The number of hydrogen-bond donors (Lipinski definition) is 2. The van der Waals surface area contributed by atoms with Crippen LogP contribution in [-0.4, -0.2) is 47.2 Å². The fraction of sp³-hybridized carbons (Fsp3) is 0.346. The summed E-state index contributed by atoms with van der Waals surface area (Å²) < 4.78 is 26.9. The van der Waals surface area contributed by atoms with Gasteiger partial charge in [0, 0.05) is 36.3 Å². The van der Waals surface area contributed by atoms with Gasteiger partial charge in [-0.3, -0.25) is 4.98 Å². The molecule has 0 aliphatic carbocycles. The summed E-state index contributed by atoms with van der Waals surface area (Å²) in [5.74, 6) is -0.866. The Bertz CT molecular complexity index is 1090. The molecule has 2 N–H and O–H groups in total. The summed E-state index contributed by atoms with van der Waals surface area (Å²) in [6.45, 7) is 5.01. The molecule has 1 aromatic heterocycles. The summed E-state index contributed by atoms with van der Waals surface area (Å²) in [5.41, 5.74) is 3.17. The van der Waals surface area contributed by atoms with Crippen molar-refractivity contribution in [1.29, 1.82) is 0 Å². The molecule has 2 aromatic carbocycles. The van der Waals surface area contributed by atoms with Crippen molar-refractivity contribution in [3.8, 4) is 0 Å². The van der Waals surface area contributed by atoms with E-state index in [2.05, 4.69) is 21.3 Å². The van der Waals surface area contributed by atoms with E-state index in [4.69, 9.17) is 0 Å². The van der Waals surface area contributed by atoms with Gasteiger partial charge in [-0.05, 0) is 74.3 Å². The van der Waals surface area contributed by atoms with Gasteiger partial charge in [0.2, 0.25) is 0 Å². The third-order valence-corrected chi connectivity index (χ3v) is 6.05. The molecule has 6 heteroatoms. The molecule has 0 saturated carbocycles. The average Bonchev–Trinajstić information content (AvgIpc) is 2.79. The summed E-state index contributed by atoms with van der Waals surface area (Å²) >= 11 is 0. The molecule has 1 aliphatic rings. The second-order valence-corrected chi connectivity index (χ2v) is 8.49. The Balaban J connectivity index is 1.26. The highest BCUT2D eigenvalue weighted by Gasteiger charge is 2.22. The number of β-amino-alcohol motifs (C(OH)–C–C–N with tert-alkyl or cyclic N) is 1. The van der Waals surface area contributed by atoms with Crippen LogP contribution in [0.25, 0.3) is 17.0 Å². The third-order valence-electron chi connectivity index (χ3n) is 6.05. The second-order valence-electron chi connectivity index (χ2n) is 8.49. The summed E-state index contributed by atoms with van der Waals surface area (Å²) in [5, 5.41) is 15.4. The smallest absolute Gasteiger partial charge is 0.130 e. The predicted octanol–water partition coefficient (Wildman–Crippen LogP) is 4.62. The number of nitrogens with zero attached hydrogens (tertiary/aromatic N) is 2. The number of likely N-dealkylation sites (tertiary alicyclic amines) is 1.